The first-order valence-electron chi connectivity index (χ1n) is 7.47. The van der Waals surface area contributed by atoms with Crippen molar-refractivity contribution in [3.05, 3.63) is 69.9 Å². The van der Waals surface area contributed by atoms with Crippen LogP contribution in [0.1, 0.15) is 24.1 Å². The molecule has 0 aliphatic heterocycles. The summed E-state index contributed by atoms with van der Waals surface area (Å²) in [5.41, 5.74) is 1.61. The van der Waals surface area contributed by atoms with E-state index in [0.717, 1.165) is 10.0 Å². The molecule has 2 aromatic carbocycles. The average molecular weight is 379 g/mol. The van der Waals surface area contributed by atoms with Crippen LogP contribution in [0, 0.1) is 11.7 Å². The molecule has 0 aliphatic rings. The number of carbonyl (C=O) groups is 1. The summed E-state index contributed by atoms with van der Waals surface area (Å²) in [5.74, 6) is -0.572. The first-order chi connectivity index (χ1) is 11.0. The third-order valence-corrected chi connectivity index (χ3v) is 4.10. The SMILES string of the molecule is CNCC(C)C(=O)NC(c1cccc(F)c1)c1cccc(Br)c1. The Kier molecular flexibility index (Phi) is 6.30. The van der Waals surface area contributed by atoms with Crippen LogP contribution in [-0.4, -0.2) is 19.5 Å². The van der Waals surface area contributed by atoms with E-state index in [2.05, 4.69) is 26.6 Å². The molecule has 1 amide bonds. The summed E-state index contributed by atoms with van der Waals surface area (Å²) in [6.45, 7) is 2.44. The van der Waals surface area contributed by atoms with Crippen molar-refractivity contribution < 1.29 is 9.18 Å². The second-order valence-corrected chi connectivity index (χ2v) is 6.43. The largest absolute Gasteiger partial charge is 0.345 e. The van der Waals surface area contributed by atoms with E-state index in [4.69, 9.17) is 0 Å². The standard InChI is InChI=1S/C18H20BrFN2O/c1-12(11-21-2)18(23)22-17(13-5-3-7-15(19)9-13)14-6-4-8-16(20)10-14/h3-10,12,17,21H,11H2,1-2H3,(H,22,23). The monoisotopic (exact) mass is 378 g/mol. The molecule has 2 N–H and O–H groups in total. The molecule has 23 heavy (non-hydrogen) atoms. The van der Waals surface area contributed by atoms with Crippen LogP contribution in [0.2, 0.25) is 0 Å². The molecular weight excluding hydrogens is 359 g/mol. The van der Waals surface area contributed by atoms with Crippen molar-refractivity contribution in [3.8, 4) is 0 Å². The minimum Gasteiger partial charge on any atom is -0.345 e. The van der Waals surface area contributed by atoms with Crippen molar-refractivity contribution in [1.29, 1.82) is 0 Å². The van der Waals surface area contributed by atoms with Gasteiger partial charge in [-0.05, 0) is 42.4 Å². The molecule has 0 aliphatic carbocycles. The van der Waals surface area contributed by atoms with Crippen LogP contribution < -0.4 is 10.6 Å². The highest BCUT2D eigenvalue weighted by Crippen LogP contribution is 2.25. The highest BCUT2D eigenvalue weighted by molar-refractivity contribution is 9.10. The summed E-state index contributed by atoms with van der Waals surface area (Å²) in [5, 5.41) is 6.01. The molecule has 5 heteroatoms. The summed E-state index contributed by atoms with van der Waals surface area (Å²) in [7, 11) is 1.81. The molecule has 0 bridgehead atoms. The van der Waals surface area contributed by atoms with Gasteiger partial charge in [0.25, 0.3) is 0 Å². The van der Waals surface area contributed by atoms with Crippen molar-refractivity contribution in [3.63, 3.8) is 0 Å². The van der Waals surface area contributed by atoms with Gasteiger partial charge in [0.1, 0.15) is 5.82 Å². The van der Waals surface area contributed by atoms with E-state index in [-0.39, 0.29) is 17.6 Å². The van der Waals surface area contributed by atoms with E-state index < -0.39 is 6.04 Å². The molecule has 2 aromatic rings. The first kappa shape index (κ1) is 17.6. The number of rotatable bonds is 6. The Balaban J connectivity index is 2.34. The van der Waals surface area contributed by atoms with E-state index in [1.54, 1.807) is 6.07 Å². The van der Waals surface area contributed by atoms with Gasteiger partial charge < -0.3 is 10.6 Å². The Labute approximate surface area is 144 Å². The number of nitrogens with one attached hydrogen (secondary N) is 2. The molecule has 0 heterocycles. The molecule has 3 nitrogen and oxygen atoms in total. The molecule has 2 rings (SSSR count). The van der Waals surface area contributed by atoms with Crippen molar-refractivity contribution in [2.24, 2.45) is 5.92 Å². The normalized spacial score (nSPS) is 13.4. The maximum absolute atomic E-state index is 13.6. The van der Waals surface area contributed by atoms with Crippen LogP contribution in [0.5, 0.6) is 0 Å². The van der Waals surface area contributed by atoms with Gasteiger partial charge in [0, 0.05) is 16.9 Å². The van der Waals surface area contributed by atoms with Gasteiger partial charge in [-0.2, -0.15) is 0 Å². The maximum atomic E-state index is 13.6. The fourth-order valence-electron chi connectivity index (χ4n) is 2.41. The number of benzene rings is 2. The molecular formula is C18H20BrFN2O. The smallest absolute Gasteiger partial charge is 0.224 e. The van der Waals surface area contributed by atoms with E-state index >= 15 is 0 Å². The third-order valence-electron chi connectivity index (χ3n) is 3.61. The van der Waals surface area contributed by atoms with E-state index in [1.807, 2.05) is 44.3 Å². The van der Waals surface area contributed by atoms with Gasteiger partial charge in [0.2, 0.25) is 5.91 Å². The second kappa shape index (κ2) is 8.22. The molecule has 2 atom stereocenters. The lowest BCUT2D eigenvalue weighted by Crippen LogP contribution is -2.37. The van der Waals surface area contributed by atoms with Gasteiger partial charge in [-0.15, -0.1) is 0 Å². The van der Waals surface area contributed by atoms with Gasteiger partial charge in [0.15, 0.2) is 0 Å². The van der Waals surface area contributed by atoms with Crippen LogP contribution >= 0.6 is 15.9 Å². The number of hydrogen-bond acceptors (Lipinski definition) is 2. The Morgan fingerprint density at radius 3 is 2.43 bits per heavy atom. The molecule has 2 unspecified atom stereocenters. The number of carbonyl (C=O) groups excluding carboxylic acids is 1. The van der Waals surface area contributed by atoms with Crippen molar-refractivity contribution in [1.82, 2.24) is 10.6 Å². The summed E-state index contributed by atoms with van der Waals surface area (Å²) in [4.78, 5) is 12.4. The number of amides is 1. The fourth-order valence-corrected chi connectivity index (χ4v) is 2.83. The van der Waals surface area contributed by atoms with Crippen molar-refractivity contribution in [2.45, 2.75) is 13.0 Å². The highest BCUT2D eigenvalue weighted by atomic mass is 79.9. The third kappa shape index (κ3) is 4.88. The average Bonchev–Trinajstić information content (AvgIpc) is 2.52. The van der Waals surface area contributed by atoms with Crippen LogP contribution in [-0.2, 0) is 4.79 Å². The van der Waals surface area contributed by atoms with Gasteiger partial charge in [-0.1, -0.05) is 47.1 Å². The van der Waals surface area contributed by atoms with Crippen molar-refractivity contribution >= 4 is 21.8 Å². The zero-order valence-corrected chi connectivity index (χ0v) is 14.7. The fraction of sp³-hybridized carbons (Fsp3) is 0.278. The zero-order valence-electron chi connectivity index (χ0n) is 13.1. The van der Waals surface area contributed by atoms with Crippen LogP contribution in [0.3, 0.4) is 0 Å². The van der Waals surface area contributed by atoms with Crippen LogP contribution in [0.4, 0.5) is 4.39 Å². The molecule has 0 saturated carbocycles. The summed E-state index contributed by atoms with van der Waals surface area (Å²) in [6.07, 6.45) is 0. The zero-order chi connectivity index (χ0) is 16.8. The minimum absolute atomic E-state index is 0.0754. The second-order valence-electron chi connectivity index (χ2n) is 5.51. The number of halogens is 2. The van der Waals surface area contributed by atoms with E-state index in [0.29, 0.717) is 12.1 Å². The molecule has 0 fully saturated rings. The van der Waals surface area contributed by atoms with Gasteiger partial charge in [0.05, 0.1) is 6.04 Å². The van der Waals surface area contributed by atoms with Crippen LogP contribution in [0.15, 0.2) is 53.0 Å². The Morgan fingerprint density at radius 1 is 1.17 bits per heavy atom. The van der Waals surface area contributed by atoms with Gasteiger partial charge in [-0.3, -0.25) is 4.79 Å². The summed E-state index contributed by atoms with van der Waals surface area (Å²) >= 11 is 3.44. The molecule has 0 spiro atoms. The highest BCUT2D eigenvalue weighted by Gasteiger charge is 2.20. The predicted octanol–water partition coefficient (Wildman–Crippen LogP) is 3.65. The Bertz CT molecular complexity index is 632. The molecule has 0 aromatic heterocycles. The summed E-state index contributed by atoms with van der Waals surface area (Å²) < 4.78 is 14.5. The van der Waals surface area contributed by atoms with Crippen molar-refractivity contribution in [2.75, 3.05) is 13.6 Å². The van der Waals surface area contributed by atoms with Gasteiger partial charge in [-0.25, -0.2) is 4.39 Å². The lowest BCUT2D eigenvalue weighted by molar-refractivity contribution is -0.124. The summed E-state index contributed by atoms with van der Waals surface area (Å²) in [6, 6.07) is 13.6. The maximum Gasteiger partial charge on any atom is 0.224 e. The lowest BCUT2D eigenvalue weighted by atomic mass is 9.97. The first-order valence-corrected chi connectivity index (χ1v) is 8.26. The lowest BCUT2D eigenvalue weighted by Gasteiger charge is -2.22. The van der Waals surface area contributed by atoms with E-state index in [9.17, 15) is 9.18 Å². The molecule has 0 saturated heterocycles. The van der Waals surface area contributed by atoms with Crippen LogP contribution in [0.25, 0.3) is 0 Å². The van der Waals surface area contributed by atoms with E-state index in [1.165, 1.54) is 12.1 Å². The topological polar surface area (TPSA) is 41.1 Å². The molecule has 0 radical (unpaired) electrons. The quantitative estimate of drug-likeness (QED) is 0.805. The molecule has 122 valence electrons. The van der Waals surface area contributed by atoms with Gasteiger partial charge >= 0.3 is 0 Å². The Hall–Kier alpha value is -1.72. The number of hydrogen-bond donors (Lipinski definition) is 2. The predicted molar refractivity (Wildman–Crippen MR) is 93.6 cm³/mol. The minimum atomic E-state index is -0.394. The Morgan fingerprint density at radius 2 is 1.83 bits per heavy atom.